The fraction of sp³-hybridized carbons (Fsp3) is 0.211. The van der Waals surface area contributed by atoms with Gasteiger partial charge in [0, 0.05) is 23.6 Å². The highest BCUT2D eigenvalue weighted by atomic mass is 32.1. The first kappa shape index (κ1) is 15.6. The molecule has 3 rings (SSSR count). The molecule has 0 atom stereocenters. The maximum atomic E-state index is 12.5. The molecule has 0 fully saturated rings. The first-order chi connectivity index (χ1) is 11.2. The minimum Gasteiger partial charge on any atom is -0.352 e. The van der Waals surface area contributed by atoms with E-state index in [1.54, 1.807) is 11.3 Å². The van der Waals surface area contributed by atoms with Crippen molar-refractivity contribution in [1.82, 2.24) is 9.88 Å². The summed E-state index contributed by atoms with van der Waals surface area (Å²) < 4.78 is 2.12. The quantitative estimate of drug-likeness (QED) is 0.752. The number of carbonyl (C=O) groups excluding carboxylic acids is 1. The minimum absolute atomic E-state index is 0.00416. The molecule has 1 aromatic carbocycles. The van der Waals surface area contributed by atoms with Gasteiger partial charge in [0.1, 0.15) is 0 Å². The maximum absolute atomic E-state index is 12.5. The number of benzene rings is 1. The van der Waals surface area contributed by atoms with Gasteiger partial charge in [-0.1, -0.05) is 18.2 Å². The van der Waals surface area contributed by atoms with E-state index in [0.29, 0.717) is 6.54 Å². The molecule has 2 aromatic heterocycles. The largest absolute Gasteiger partial charge is 0.352 e. The Morgan fingerprint density at radius 3 is 2.65 bits per heavy atom. The van der Waals surface area contributed by atoms with E-state index in [9.17, 15) is 4.79 Å². The standard InChI is InChI=1S/C19H20N2OS/c1-14-12-18(15(2)21(14)17-6-4-3-5-7-17)19(22)20-10-8-16-9-11-23-13-16/h3-7,9,11-13H,8,10H2,1-2H3,(H,20,22). The number of rotatable bonds is 5. The van der Waals surface area contributed by atoms with Gasteiger partial charge >= 0.3 is 0 Å². The van der Waals surface area contributed by atoms with E-state index in [4.69, 9.17) is 0 Å². The minimum atomic E-state index is -0.00416. The van der Waals surface area contributed by atoms with E-state index < -0.39 is 0 Å². The Bertz CT molecular complexity index is 788. The Balaban J connectivity index is 1.74. The lowest BCUT2D eigenvalue weighted by Crippen LogP contribution is -2.26. The molecule has 0 saturated carbocycles. The summed E-state index contributed by atoms with van der Waals surface area (Å²) in [6, 6.07) is 14.2. The Morgan fingerprint density at radius 1 is 1.17 bits per heavy atom. The second-order valence-electron chi connectivity index (χ2n) is 5.59. The van der Waals surface area contributed by atoms with Crippen LogP contribution in [-0.4, -0.2) is 17.0 Å². The predicted molar refractivity (Wildman–Crippen MR) is 95.6 cm³/mol. The average molecular weight is 324 g/mol. The van der Waals surface area contributed by atoms with Gasteiger partial charge in [-0.15, -0.1) is 0 Å². The van der Waals surface area contributed by atoms with Crippen molar-refractivity contribution in [2.75, 3.05) is 6.54 Å². The van der Waals surface area contributed by atoms with Crippen LogP contribution >= 0.6 is 11.3 Å². The average Bonchev–Trinajstić information content (AvgIpc) is 3.16. The number of carbonyl (C=O) groups is 1. The molecule has 3 nitrogen and oxygen atoms in total. The molecule has 0 aliphatic heterocycles. The first-order valence-corrected chi connectivity index (χ1v) is 8.64. The van der Waals surface area contributed by atoms with E-state index >= 15 is 0 Å². The van der Waals surface area contributed by atoms with Gasteiger partial charge in [0.05, 0.1) is 5.56 Å². The monoisotopic (exact) mass is 324 g/mol. The Kier molecular flexibility index (Phi) is 4.63. The third-order valence-corrected chi connectivity index (χ3v) is 4.70. The molecule has 0 aliphatic carbocycles. The summed E-state index contributed by atoms with van der Waals surface area (Å²) in [4.78, 5) is 12.5. The summed E-state index contributed by atoms with van der Waals surface area (Å²) in [6.07, 6.45) is 0.868. The number of hydrogen-bond donors (Lipinski definition) is 1. The molecule has 0 saturated heterocycles. The van der Waals surface area contributed by atoms with Crippen LogP contribution in [0.15, 0.2) is 53.2 Å². The van der Waals surface area contributed by atoms with E-state index in [-0.39, 0.29) is 5.91 Å². The van der Waals surface area contributed by atoms with Crippen LogP contribution in [0.2, 0.25) is 0 Å². The Hall–Kier alpha value is -2.33. The topological polar surface area (TPSA) is 34.0 Å². The van der Waals surface area contributed by atoms with Crippen LogP contribution in [0.1, 0.15) is 27.3 Å². The smallest absolute Gasteiger partial charge is 0.253 e. The summed E-state index contributed by atoms with van der Waals surface area (Å²) in [5, 5.41) is 7.20. The number of hydrogen-bond acceptors (Lipinski definition) is 2. The van der Waals surface area contributed by atoms with Crippen LogP contribution in [0.25, 0.3) is 5.69 Å². The van der Waals surface area contributed by atoms with Crippen molar-refractivity contribution in [1.29, 1.82) is 0 Å². The van der Waals surface area contributed by atoms with Gasteiger partial charge in [-0.3, -0.25) is 4.79 Å². The fourth-order valence-electron chi connectivity index (χ4n) is 2.82. The summed E-state index contributed by atoms with van der Waals surface area (Å²) in [7, 11) is 0. The number of aryl methyl sites for hydroxylation is 1. The molecular formula is C19H20N2OS. The van der Waals surface area contributed by atoms with Crippen LogP contribution < -0.4 is 5.32 Å². The zero-order valence-electron chi connectivity index (χ0n) is 13.4. The van der Waals surface area contributed by atoms with Gasteiger partial charge in [0.25, 0.3) is 5.91 Å². The van der Waals surface area contributed by atoms with Gasteiger partial charge in [0.15, 0.2) is 0 Å². The van der Waals surface area contributed by atoms with E-state index in [1.807, 2.05) is 38.1 Å². The molecule has 2 heterocycles. The third-order valence-electron chi connectivity index (χ3n) is 3.97. The zero-order valence-corrected chi connectivity index (χ0v) is 14.2. The summed E-state index contributed by atoms with van der Waals surface area (Å²) >= 11 is 1.68. The lowest BCUT2D eigenvalue weighted by Gasteiger charge is -2.10. The highest BCUT2D eigenvalue weighted by Crippen LogP contribution is 2.20. The number of nitrogens with one attached hydrogen (secondary N) is 1. The van der Waals surface area contributed by atoms with Gasteiger partial charge in [-0.2, -0.15) is 11.3 Å². The summed E-state index contributed by atoms with van der Waals surface area (Å²) in [5.41, 5.74) is 5.14. The van der Waals surface area contributed by atoms with E-state index in [2.05, 4.69) is 38.8 Å². The highest BCUT2D eigenvalue weighted by Gasteiger charge is 2.16. The number of para-hydroxylation sites is 1. The molecule has 0 radical (unpaired) electrons. The van der Waals surface area contributed by atoms with Crippen molar-refractivity contribution in [2.45, 2.75) is 20.3 Å². The van der Waals surface area contributed by atoms with Crippen LogP contribution in [0.5, 0.6) is 0 Å². The molecule has 4 heteroatoms. The van der Waals surface area contributed by atoms with Crippen LogP contribution in [0.3, 0.4) is 0 Å². The molecule has 118 valence electrons. The lowest BCUT2D eigenvalue weighted by molar-refractivity contribution is 0.0953. The predicted octanol–water partition coefficient (Wildman–Crippen LogP) is 4.13. The van der Waals surface area contributed by atoms with Crippen molar-refractivity contribution < 1.29 is 4.79 Å². The molecule has 0 unspecified atom stereocenters. The molecule has 0 spiro atoms. The number of aromatic nitrogens is 1. The first-order valence-electron chi connectivity index (χ1n) is 7.70. The van der Waals surface area contributed by atoms with Gasteiger partial charge in [-0.25, -0.2) is 0 Å². The number of nitrogens with zero attached hydrogens (tertiary/aromatic N) is 1. The van der Waals surface area contributed by atoms with Crippen LogP contribution in [-0.2, 0) is 6.42 Å². The van der Waals surface area contributed by atoms with Crippen molar-refractivity contribution in [2.24, 2.45) is 0 Å². The van der Waals surface area contributed by atoms with Crippen molar-refractivity contribution in [3.63, 3.8) is 0 Å². The normalized spacial score (nSPS) is 10.7. The summed E-state index contributed by atoms with van der Waals surface area (Å²) in [5.74, 6) is -0.00416. The fourth-order valence-corrected chi connectivity index (χ4v) is 3.52. The SMILES string of the molecule is Cc1cc(C(=O)NCCc2ccsc2)c(C)n1-c1ccccc1. The van der Waals surface area contributed by atoms with Crippen molar-refractivity contribution >= 4 is 17.2 Å². The van der Waals surface area contributed by atoms with E-state index in [0.717, 1.165) is 29.1 Å². The highest BCUT2D eigenvalue weighted by molar-refractivity contribution is 7.07. The van der Waals surface area contributed by atoms with Crippen molar-refractivity contribution in [3.05, 3.63) is 75.7 Å². The van der Waals surface area contributed by atoms with Crippen LogP contribution in [0.4, 0.5) is 0 Å². The molecule has 23 heavy (non-hydrogen) atoms. The van der Waals surface area contributed by atoms with Gasteiger partial charge in [0.2, 0.25) is 0 Å². The molecule has 0 bridgehead atoms. The zero-order chi connectivity index (χ0) is 16.2. The molecule has 3 aromatic rings. The van der Waals surface area contributed by atoms with Gasteiger partial charge < -0.3 is 9.88 Å². The van der Waals surface area contributed by atoms with Crippen LogP contribution in [0, 0.1) is 13.8 Å². The van der Waals surface area contributed by atoms with Crippen molar-refractivity contribution in [3.8, 4) is 5.69 Å². The number of amides is 1. The Labute approximate surface area is 140 Å². The number of thiophene rings is 1. The molecule has 1 N–H and O–H groups in total. The molecule has 0 aliphatic rings. The summed E-state index contributed by atoms with van der Waals surface area (Å²) in [6.45, 7) is 4.68. The Morgan fingerprint density at radius 2 is 1.96 bits per heavy atom. The second kappa shape index (κ2) is 6.84. The second-order valence-corrected chi connectivity index (χ2v) is 6.37. The van der Waals surface area contributed by atoms with Gasteiger partial charge in [-0.05, 0) is 60.9 Å². The van der Waals surface area contributed by atoms with E-state index in [1.165, 1.54) is 5.56 Å². The lowest BCUT2D eigenvalue weighted by atomic mass is 10.2. The molecular weight excluding hydrogens is 304 g/mol. The third kappa shape index (κ3) is 3.37. The molecule has 1 amide bonds. The maximum Gasteiger partial charge on any atom is 0.253 e.